The molecule has 10 nitrogen and oxygen atoms in total. The van der Waals surface area contributed by atoms with Crippen molar-refractivity contribution in [2.75, 3.05) is 18.5 Å². The van der Waals surface area contributed by atoms with Crippen molar-refractivity contribution in [1.82, 2.24) is 9.88 Å². The van der Waals surface area contributed by atoms with E-state index in [1.807, 2.05) is 18.2 Å². The number of carbonyl (C=O) groups excluding carboxylic acids is 3. The van der Waals surface area contributed by atoms with Crippen molar-refractivity contribution < 1.29 is 33.4 Å². The summed E-state index contributed by atoms with van der Waals surface area (Å²) >= 11 is 2.75. The number of carboxylic acids is 1. The molecule has 13 heteroatoms. The molecule has 3 N–H and O–H groups in total. The number of likely N-dealkylation sites (tertiary alicyclic amines) is 1. The van der Waals surface area contributed by atoms with Gasteiger partial charge < -0.3 is 20.1 Å². The number of aromatic nitrogens is 1. The molecule has 3 amide bonds. The Bertz CT molecular complexity index is 1720. The third-order valence-electron chi connectivity index (χ3n) is 9.30. The number of carbonyl (C=O) groups is 4. The molecule has 2 aromatic carbocycles. The topological polar surface area (TPSA) is 146 Å². The molecule has 7 atom stereocenters. The van der Waals surface area contributed by atoms with Gasteiger partial charge in [0.15, 0.2) is 6.61 Å². The van der Waals surface area contributed by atoms with Gasteiger partial charge in [-0.3, -0.25) is 28.9 Å². The van der Waals surface area contributed by atoms with Gasteiger partial charge in [0.1, 0.15) is 11.6 Å². The SMILES string of the molecule is O=C(O)CCCN1C(=O)C2C3CC(C2C1=O)C1C3Sc2[nH]c(=O)sc2[C@@H]1c1cccc(OCC(=O)Nc2ccc(F)cc2)c1. The first-order valence-corrected chi connectivity index (χ1v) is 16.1. The van der Waals surface area contributed by atoms with Gasteiger partial charge >= 0.3 is 10.8 Å². The maximum absolute atomic E-state index is 13.6. The summed E-state index contributed by atoms with van der Waals surface area (Å²) in [5, 5.41) is 12.5. The van der Waals surface area contributed by atoms with Crippen LogP contribution in [0.1, 0.15) is 35.6 Å². The average molecular weight is 638 g/mol. The molecule has 0 spiro atoms. The van der Waals surface area contributed by atoms with Crippen molar-refractivity contribution in [1.29, 1.82) is 0 Å². The van der Waals surface area contributed by atoms with Gasteiger partial charge in [-0.2, -0.15) is 0 Å². The van der Waals surface area contributed by atoms with Crippen molar-refractivity contribution >= 4 is 52.5 Å². The van der Waals surface area contributed by atoms with Crippen molar-refractivity contribution in [3.05, 3.63) is 74.5 Å². The van der Waals surface area contributed by atoms with Crippen molar-refractivity contribution in [2.24, 2.45) is 29.6 Å². The van der Waals surface area contributed by atoms with Crippen LogP contribution in [0.4, 0.5) is 10.1 Å². The van der Waals surface area contributed by atoms with E-state index in [-0.39, 0.29) is 71.6 Å². The molecule has 228 valence electrons. The number of aromatic amines is 1. The highest BCUT2D eigenvalue weighted by molar-refractivity contribution is 8.00. The highest BCUT2D eigenvalue weighted by atomic mass is 32.2. The van der Waals surface area contributed by atoms with Gasteiger partial charge in [-0.25, -0.2) is 4.39 Å². The Balaban J connectivity index is 1.14. The largest absolute Gasteiger partial charge is 0.484 e. The smallest absolute Gasteiger partial charge is 0.305 e. The molecule has 44 heavy (non-hydrogen) atoms. The van der Waals surface area contributed by atoms with Crippen LogP contribution < -0.4 is 14.9 Å². The molecule has 4 aliphatic rings. The Morgan fingerprint density at radius 2 is 1.82 bits per heavy atom. The number of imide groups is 1. The predicted molar refractivity (Wildman–Crippen MR) is 159 cm³/mol. The number of anilines is 1. The molecule has 1 aromatic heterocycles. The Hall–Kier alpha value is -3.97. The number of ether oxygens (including phenoxy) is 1. The number of fused-ring (bicyclic) bond motifs is 9. The van der Waals surface area contributed by atoms with Crippen LogP contribution in [0.3, 0.4) is 0 Å². The maximum Gasteiger partial charge on any atom is 0.305 e. The Labute approximate surface area is 259 Å². The maximum atomic E-state index is 13.6. The number of amides is 3. The number of nitrogens with one attached hydrogen (secondary N) is 2. The molecule has 0 radical (unpaired) electrons. The number of thioether (sulfide) groups is 1. The number of benzene rings is 2. The van der Waals surface area contributed by atoms with Crippen LogP contribution in [0, 0.1) is 35.4 Å². The summed E-state index contributed by atoms with van der Waals surface area (Å²) in [7, 11) is 0. The van der Waals surface area contributed by atoms with Crippen LogP contribution in [-0.2, 0) is 19.2 Å². The van der Waals surface area contributed by atoms with Gasteiger partial charge in [-0.15, -0.1) is 11.8 Å². The second kappa shape index (κ2) is 11.2. The number of hydrogen-bond acceptors (Lipinski definition) is 8. The normalized spacial score (nSPS) is 28.0. The van der Waals surface area contributed by atoms with E-state index in [1.165, 1.54) is 29.2 Å². The molecular weight excluding hydrogens is 609 g/mol. The highest BCUT2D eigenvalue weighted by Crippen LogP contribution is 2.68. The average Bonchev–Trinajstić information content (AvgIpc) is 3.73. The minimum Gasteiger partial charge on any atom is -0.484 e. The quantitative estimate of drug-likeness (QED) is 0.299. The van der Waals surface area contributed by atoms with E-state index in [2.05, 4.69) is 10.3 Å². The van der Waals surface area contributed by atoms with Crippen LogP contribution in [0.5, 0.6) is 5.75 Å². The van der Waals surface area contributed by atoms with Crippen LogP contribution in [0.25, 0.3) is 0 Å². The number of hydrogen-bond donors (Lipinski definition) is 3. The Kier molecular flexibility index (Phi) is 7.32. The zero-order valence-electron chi connectivity index (χ0n) is 23.2. The minimum absolute atomic E-state index is 0.00190. The third kappa shape index (κ3) is 4.91. The van der Waals surface area contributed by atoms with Crippen LogP contribution in [0.15, 0.2) is 58.4 Å². The van der Waals surface area contributed by atoms with E-state index in [9.17, 15) is 28.4 Å². The van der Waals surface area contributed by atoms with Gasteiger partial charge in [-0.05, 0) is 72.6 Å². The molecule has 3 aromatic rings. The lowest BCUT2D eigenvalue weighted by molar-refractivity contribution is -0.142. The number of nitrogens with zero attached hydrogens (tertiary/aromatic N) is 1. The van der Waals surface area contributed by atoms with E-state index in [0.717, 1.165) is 33.2 Å². The van der Waals surface area contributed by atoms with Gasteiger partial charge in [-0.1, -0.05) is 23.5 Å². The molecule has 2 aliphatic carbocycles. The molecule has 2 bridgehead atoms. The summed E-state index contributed by atoms with van der Waals surface area (Å²) in [5.74, 6) is -2.90. The van der Waals surface area contributed by atoms with E-state index in [1.54, 1.807) is 17.8 Å². The molecule has 1 saturated heterocycles. The third-order valence-corrected chi connectivity index (χ3v) is 11.9. The molecular formula is C31H28FN3O7S2. The van der Waals surface area contributed by atoms with E-state index in [4.69, 9.17) is 9.84 Å². The number of halogens is 1. The first kappa shape index (κ1) is 28.8. The van der Waals surface area contributed by atoms with Gasteiger partial charge in [0, 0.05) is 34.7 Å². The fraction of sp³-hybridized carbons (Fsp3) is 0.387. The number of carboxylic acid groups (broad SMARTS) is 1. The summed E-state index contributed by atoms with van der Waals surface area (Å²) in [6.07, 6.45) is 0.856. The zero-order chi connectivity index (χ0) is 30.7. The summed E-state index contributed by atoms with van der Waals surface area (Å²) in [5.41, 5.74) is 1.34. The molecule has 7 rings (SSSR count). The van der Waals surface area contributed by atoms with E-state index in [0.29, 0.717) is 11.4 Å². The standard InChI is InChI=1S/C31H28FN3O7S2/c32-15-6-8-16(9-7-15)33-20(36)13-42-17-4-1-3-14(11-17)22-23-18-12-19(26(23)43-28-27(22)44-31(41)34-28)25-24(18)29(39)35(30(25)40)10-2-5-21(37)38/h1,3-4,6-9,11,18-19,22-26H,2,5,10,12-13H2,(H,33,36)(H,34,41)(H,37,38)/t18?,19?,22-,23?,24?,25?,26?/m1/s1. The lowest BCUT2D eigenvalue weighted by Gasteiger charge is -2.43. The highest BCUT2D eigenvalue weighted by Gasteiger charge is 2.69. The summed E-state index contributed by atoms with van der Waals surface area (Å²) in [6.45, 7) is -0.157. The summed E-state index contributed by atoms with van der Waals surface area (Å²) < 4.78 is 19.0. The van der Waals surface area contributed by atoms with Crippen molar-refractivity contribution in [3.8, 4) is 5.75 Å². The molecule has 3 heterocycles. The van der Waals surface area contributed by atoms with Gasteiger partial charge in [0.05, 0.1) is 16.9 Å². The number of thiazole rings is 1. The molecule has 3 fully saturated rings. The van der Waals surface area contributed by atoms with Crippen LogP contribution in [-0.4, -0.2) is 57.1 Å². The molecule has 2 aliphatic heterocycles. The minimum atomic E-state index is -0.963. The number of aliphatic carboxylic acids is 1. The summed E-state index contributed by atoms with van der Waals surface area (Å²) in [6, 6.07) is 12.8. The van der Waals surface area contributed by atoms with E-state index >= 15 is 0 Å². The first-order chi connectivity index (χ1) is 21.2. The van der Waals surface area contributed by atoms with Gasteiger partial charge in [0.2, 0.25) is 11.8 Å². The number of H-pyrrole nitrogens is 1. The predicted octanol–water partition coefficient (Wildman–Crippen LogP) is 3.93. The lowest BCUT2D eigenvalue weighted by atomic mass is 9.68. The summed E-state index contributed by atoms with van der Waals surface area (Å²) in [4.78, 5) is 68.1. The van der Waals surface area contributed by atoms with Gasteiger partial charge in [0.25, 0.3) is 5.91 Å². The zero-order valence-corrected chi connectivity index (χ0v) is 24.9. The first-order valence-electron chi connectivity index (χ1n) is 14.4. The van der Waals surface area contributed by atoms with Crippen LogP contribution >= 0.6 is 23.1 Å². The van der Waals surface area contributed by atoms with Crippen molar-refractivity contribution in [3.63, 3.8) is 0 Å². The Morgan fingerprint density at radius 1 is 1.07 bits per heavy atom. The number of rotatable bonds is 9. The van der Waals surface area contributed by atoms with E-state index < -0.39 is 29.5 Å². The van der Waals surface area contributed by atoms with Crippen molar-refractivity contribution in [2.45, 2.75) is 35.5 Å². The fourth-order valence-electron chi connectivity index (χ4n) is 7.74. The fourth-order valence-corrected chi connectivity index (χ4v) is 10.6. The molecule has 6 unspecified atom stereocenters. The second-order valence-electron chi connectivity index (χ2n) is 11.7. The Morgan fingerprint density at radius 3 is 2.57 bits per heavy atom. The lowest BCUT2D eigenvalue weighted by Crippen LogP contribution is -2.42. The monoisotopic (exact) mass is 637 g/mol. The second-order valence-corrected chi connectivity index (χ2v) is 13.9. The molecule has 2 saturated carbocycles. The van der Waals surface area contributed by atoms with Crippen LogP contribution in [0.2, 0.25) is 0 Å².